The van der Waals surface area contributed by atoms with Crippen molar-refractivity contribution in [1.82, 2.24) is 5.32 Å². The summed E-state index contributed by atoms with van der Waals surface area (Å²) in [6.07, 6.45) is 8.50. The van der Waals surface area contributed by atoms with Gasteiger partial charge in [-0.2, -0.15) is 0 Å². The van der Waals surface area contributed by atoms with E-state index in [0.717, 1.165) is 29.9 Å². The minimum atomic E-state index is -0.405. The number of methoxy groups -OCH3 is 1. The number of nitrogens with one attached hydrogen (secondary N) is 1. The molecule has 1 unspecified atom stereocenters. The minimum Gasteiger partial charge on any atom is -0.493 e. The molecule has 0 aliphatic heterocycles. The summed E-state index contributed by atoms with van der Waals surface area (Å²) >= 11 is 12.7. The largest absolute Gasteiger partial charge is 0.493 e. The van der Waals surface area contributed by atoms with Crippen molar-refractivity contribution in [2.75, 3.05) is 7.11 Å². The van der Waals surface area contributed by atoms with Crippen molar-refractivity contribution in [3.05, 3.63) is 57.3 Å². The van der Waals surface area contributed by atoms with Crippen LogP contribution in [0, 0.1) is 29.0 Å². The van der Waals surface area contributed by atoms with Gasteiger partial charge in [-0.05, 0) is 98.4 Å². The number of hydrogen-bond acceptors (Lipinski definition) is 3. The third kappa shape index (κ3) is 4.59. The molecule has 2 aromatic rings. The number of rotatable bonds is 8. The van der Waals surface area contributed by atoms with Crippen LogP contribution in [0.5, 0.6) is 11.5 Å². The molecule has 2 aromatic carbocycles. The Bertz CT molecular complexity index is 972. The van der Waals surface area contributed by atoms with Gasteiger partial charge in [0, 0.05) is 18.2 Å². The SMILES string of the molecule is COc1cc(CNC(C)C23CC4CC(CC(C4)C2)C3)cc(Cl)c1OCc1c(F)cccc1Cl. The van der Waals surface area contributed by atoms with Crippen LogP contribution in [0.4, 0.5) is 4.39 Å². The van der Waals surface area contributed by atoms with E-state index in [1.807, 2.05) is 12.1 Å². The molecule has 6 heteroatoms. The van der Waals surface area contributed by atoms with Gasteiger partial charge < -0.3 is 14.8 Å². The fourth-order valence-corrected chi connectivity index (χ4v) is 7.53. The maximum Gasteiger partial charge on any atom is 0.180 e. The quantitative estimate of drug-likeness (QED) is 0.416. The first-order valence-corrected chi connectivity index (χ1v) is 12.8. The lowest BCUT2D eigenvalue weighted by molar-refractivity contribution is -0.0706. The van der Waals surface area contributed by atoms with Gasteiger partial charge in [0.15, 0.2) is 11.5 Å². The van der Waals surface area contributed by atoms with Crippen LogP contribution in [-0.4, -0.2) is 13.2 Å². The van der Waals surface area contributed by atoms with Crippen molar-refractivity contribution in [1.29, 1.82) is 0 Å². The standard InChI is InChI=1S/C27H32Cl2FNO2/c1-16(27-11-17-6-18(12-27)8-19(7-17)13-27)31-14-20-9-23(29)26(25(10-20)32-2)33-15-21-22(28)4-3-5-24(21)30/h3-5,9-10,16-19,31H,6-8,11-15H2,1-2H3. The van der Waals surface area contributed by atoms with Gasteiger partial charge in [-0.1, -0.05) is 29.3 Å². The molecule has 4 aliphatic carbocycles. The third-order valence-electron chi connectivity index (χ3n) is 8.33. The van der Waals surface area contributed by atoms with Crippen molar-refractivity contribution in [2.24, 2.45) is 23.2 Å². The Morgan fingerprint density at radius 3 is 2.33 bits per heavy atom. The lowest BCUT2D eigenvalue weighted by Crippen LogP contribution is -2.54. The fraction of sp³-hybridized carbons (Fsp3) is 0.556. The second kappa shape index (κ2) is 9.28. The van der Waals surface area contributed by atoms with E-state index < -0.39 is 5.82 Å². The van der Waals surface area contributed by atoms with Gasteiger partial charge in [-0.3, -0.25) is 0 Å². The molecule has 1 N–H and O–H groups in total. The monoisotopic (exact) mass is 491 g/mol. The lowest BCUT2D eigenvalue weighted by atomic mass is 9.48. The first-order valence-electron chi connectivity index (χ1n) is 12.0. The van der Waals surface area contributed by atoms with E-state index in [4.69, 9.17) is 32.7 Å². The Morgan fingerprint density at radius 1 is 1.06 bits per heavy atom. The number of hydrogen-bond donors (Lipinski definition) is 1. The summed E-state index contributed by atoms with van der Waals surface area (Å²) < 4.78 is 25.5. The number of benzene rings is 2. The molecule has 0 aromatic heterocycles. The summed E-state index contributed by atoms with van der Waals surface area (Å²) in [5.74, 6) is 3.35. The van der Waals surface area contributed by atoms with E-state index in [-0.39, 0.29) is 6.61 Å². The second-order valence-electron chi connectivity index (χ2n) is 10.5. The van der Waals surface area contributed by atoms with Crippen LogP contribution < -0.4 is 14.8 Å². The Balaban J connectivity index is 1.26. The molecule has 0 spiro atoms. The van der Waals surface area contributed by atoms with Crippen LogP contribution in [0.25, 0.3) is 0 Å². The van der Waals surface area contributed by atoms with Gasteiger partial charge >= 0.3 is 0 Å². The molecule has 0 amide bonds. The molecule has 178 valence electrons. The fourth-order valence-electron chi connectivity index (χ4n) is 7.03. The summed E-state index contributed by atoms with van der Waals surface area (Å²) in [6.45, 7) is 3.06. The second-order valence-corrected chi connectivity index (χ2v) is 11.3. The minimum absolute atomic E-state index is 0.0256. The molecule has 33 heavy (non-hydrogen) atoms. The summed E-state index contributed by atoms with van der Waals surface area (Å²) in [5, 5.41) is 4.57. The van der Waals surface area contributed by atoms with Crippen molar-refractivity contribution < 1.29 is 13.9 Å². The van der Waals surface area contributed by atoms with Gasteiger partial charge in [-0.25, -0.2) is 4.39 Å². The molecule has 6 rings (SSSR count). The summed E-state index contributed by atoms with van der Waals surface area (Å²) in [5.41, 5.74) is 1.79. The van der Waals surface area contributed by atoms with E-state index in [9.17, 15) is 4.39 Å². The maximum absolute atomic E-state index is 14.1. The number of ether oxygens (including phenoxy) is 2. The Hall–Kier alpha value is -1.49. The van der Waals surface area contributed by atoms with Gasteiger partial charge in [0.1, 0.15) is 12.4 Å². The average molecular weight is 492 g/mol. The molecule has 0 radical (unpaired) electrons. The van der Waals surface area contributed by atoms with Crippen molar-refractivity contribution in [3.63, 3.8) is 0 Å². The molecule has 0 heterocycles. The average Bonchev–Trinajstić information content (AvgIpc) is 2.77. The number of halogens is 3. The van der Waals surface area contributed by atoms with Gasteiger partial charge in [0.25, 0.3) is 0 Å². The van der Waals surface area contributed by atoms with Crippen LogP contribution in [0.1, 0.15) is 56.6 Å². The third-order valence-corrected chi connectivity index (χ3v) is 8.96. The van der Waals surface area contributed by atoms with Crippen LogP contribution >= 0.6 is 23.2 Å². The zero-order valence-electron chi connectivity index (χ0n) is 19.3. The van der Waals surface area contributed by atoms with Crippen LogP contribution in [-0.2, 0) is 13.2 Å². The topological polar surface area (TPSA) is 30.5 Å². The molecular weight excluding hydrogens is 460 g/mol. The van der Waals surface area contributed by atoms with E-state index in [0.29, 0.717) is 38.6 Å². The molecule has 3 nitrogen and oxygen atoms in total. The Morgan fingerprint density at radius 2 is 1.73 bits per heavy atom. The highest BCUT2D eigenvalue weighted by Crippen LogP contribution is 2.61. The normalized spacial score (nSPS) is 28.7. The van der Waals surface area contributed by atoms with E-state index in [1.165, 1.54) is 44.6 Å². The van der Waals surface area contributed by atoms with Crippen LogP contribution in [0.3, 0.4) is 0 Å². The zero-order valence-corrected chi connectivity index (χ0v) is 20.8. The predicted octanol–water partition coefficient (Wildman–Crippen LogP) is 7.41. The predicted molar refractivity (Wildman–Crippen MR) is 131 cm³/mol. The van der Waals surface area contributed by atoms with E-state index in [2.05, 4.69) is 12.2 Å². The molecule has 0 saturated heterocycles. The summed E-state index contributed by atoms with van der Waals surface area (Å²) in [4.78, 5) is 0. The van der Waals surface area contributed by atoms with E-state index >= 15 is 0 Å². The first-order chi connectivity index (χ1) is 15.9. The van der Waals surface area contributed by atoms with Gasteiger partial charge in [0.05, 0.1) is 17.2 Å². The van der Waals surface area contributed by atoms with Crippen LogP contribution in [0.2, 0.25) is 10.0 Å². The Labute approximate surface area is 205 Å². The highest BCUT2D eigenvalue weighted by atomic mass is 35.5. The lowest BCUT2D eigenvalue weighted by Gasteiger charge is -2.59. The highest BCUT2D eigenvalue weighted by Gasteiger charge is 2.52. The smallest absolute Gasteiger partial charge is 0.180 e. The zero-order chi connectivity index (χ0) is 23.2. The van der Waals surface area contributed by atoms with Crippen molar-refractivity contribution >= 4 is 23.2 Å². The maximum atomic E-state index is 14.1. The highest BCUT2D eigenvalue weighted by molar-refractivity contribution is 6.32. The van der Waals surface area contributed by atoms with Crippen molar-refractivity contribution in [3.8, 4) is 11.5 Å². The molecule has 4 fully saturated rings. The van der Waals surface area contributed by atoms with Crippen molar-refractivity contribution in [2.45, 2.75) is 64.6 Å². The molecule has 4 bridgehead atoms. The van der Waals surface area contributed by atoms with Crippen LogP contribution in [0.15, 0.2) is 30.3 Å². The van der Waals surface area contributed by atoms with E-state index in [1.54, 1.807) is 19.2 Å². The van der Waals surface area contributed by atoms with Gasteiger partial charge in [-0.15, -0.1) is 0 Å². The summed E-state index contributed by atoms with van der Waals surface area (Å²) in [6, 6.07) is 8.90. The Kier molecular flexibility index (Phi) is 6.54. The molecule has 4 aliphatic rings. The van der Waals surface area contributed by atoms with Gasteiger partial charge in [0.2, 0.25) is 0 Å². The molecule has 1 atom stereocenters. The summed E-state index contributed by atoms with van der Waals surface area (Å²) in [7, 11) is 1.59. The first kappa shape index (κ1) is 23.3. The molecular formula is C27H32Cl2FNO2. The molecule has 4 saturated carbocycles.